The van der Waals surface area contributed by atoms with Crippen LogP contribution in [0.2, 0.25) is 0 Å². The number of aliphatic hydroxyl groups excluding tert-OH is 1. The Hall–Kier alpha value is -2.08. The van der Waals surface area contributed by atoms with Gasteiger partial charge in [-0.15, -0.1) is 0 Å². The van der Waals surface area contributed by atoms with E-state index in [2.05, 4.69) is 9.98 Å². The van der Waals surface area contributed by atoms with Crippen LogP contribution in [0.25, 0.3) is 0 Å². The maximum absolute atomic E-state index is 9.20. The zero-order valence-electron chi connectivity index (χ0n) is 9.45. The normalized spacial score (nSPS) is 13.1. The Bertz CT molecular complexity index is 398. The predicted octanol–water partition coefficient (Wildman–Crippen LogP) is -0.822. The van der Waals surface area contributed by atoms with Crippen LogP contribution in [0.3, 0.4) is 0 Å². The summed E-state index contributed by atoms with van der Waals surface area (Å²) in [7, 11) is 0. The average molecular weight is 235 g/mol. The van der Waals surface area contributed by atoms with E-state index in [-0.39, 0.29) is 24.6 Å². The maximum Gasteiger partial charge on any atom is 0.218 e. The van der Waals surface area contributed by atoms with Crippen molar-refractivity contribution in [2.24, 2.45) is 27.2 Å². The third kappa shape index (κ3) is 4.98. The molecule has 0 amide bonds. The summed E-state index contributed by atoms with van der Waals surface area (Å²) in [5, 5.41) is 9.20. The van der Waals surface area contributed by atoms with Gasteiger partial charge in [-0.2, -0.15) is 4.99 Å². The van der Waals surface area contributed by atoms with Crippen LogP contribution < -0.4 is 17.2 Å². The van der Waals surface area contributed by atoms with E-state index in [0.717, 1.165) is 5.56 Å². The molecule has 1 aromatic rings. The molecule has 1 aromatic carbocycles. The van der Waals surface area contributed by atoms with Gasteiger partial charge in [0.2, 0.25) is 5.96 Å². The molecule has 17 heavy (non-hydrogen) atoms. The molecule has 0 aromatic heterocycles. The van der Waals surface area contributed by atoms with E-state index in [1.165, 1.54) is 0 Å². The minimum Gasteiger partial charge on any atom is -0.394 e. The number of rotatable bonds is 4. The van der Waals surface area contributed by atoms with Gasteiger partial charge in [0.15, 0.2) is 5.96 Å². The molecule has 0 heterocycles. The molecule has 0 saturated heterocycles. The summed E-state index contributed by atoms with van der Waals surface area (Å²) >= 11 is 0. The zero-order valence-corrected chi connectivity index (χ0v) is 9.45. The molecule has 0 radical (unpaired) electrons. The van der Waals surface area contributed by atoms with E-state index in [4.69, 9.17) is 17.2 Å². The lowest BCUT2D eigenvalue weighted by Crippen LogP contribution is -2.28. The van der Waals surface area contributed by atoms with E-state index < -0.39 is 0 Å². The van der Waals surface area contributed by atoms with Gasteiger partial charge >= 0.3 is 0 Å². The number of hydrogen-bond donors (Lipinski definition) is 4. The van der Waals surface area contributed by atoms with E-state index in [9.17, 15) is 5.11 Å². The van der Waals surface area contributed by atoms with Gasteiger partial charge in [-0.1, -0.05) is 30.3 Å². The van der Waals surface area contributed by atoms with E-state index in [1.807, 2.05) is 30.3 Å². The zero-order chi connectivity index (χ0) is 12.7. The van der Waals surface area contributed by atoms with Crippen LogP contribution in [-0.2, 0) is 6.42 Å². The van der Waals surface area contributed by atoms with Crippen LogP contribution in [-0.4, -0.2) is 29.7 Å². The van der Waals surface area contributed by atoms with Crippen LogP contribution in [0.1, 0.15) is 5.56 Å². The number of hydrogen-bond acceptors (Lipinski definition) is 2. The van der Waals surface area contributed by atoms with Crippen molar-refractivity contribution >= 4 is 11.9 Å². The minimum atomic E-state index is -0.347. The molecule has 1 atom stereocenters. The molecular weight excluding hydrogens is 218 g/mol. The first-order valence-corrected chi connectivity index (χ1v) is 5.19. The highest BCUT2D eigenvalue weighted by atomic mass is 16.3. The summed E-state index contributed by atoms with van der Waals surface area (Å²) in [5.41, 5.74) is 16.9. The summed E-state index contributed by atoms with van der Waals surface area (Å²) in [6, 6.07) is 9.33. The fourth-order valence-corrected chi connectivity index (χ4v) is 1.39. The van der Waals surface area contributed by atoms with Crippen molar-refractivity contribution in [3.63, 3.8) is 0 Å². The number of aliphatic imine (C=N–C) groups is 2. The van der Waals surface area contributed by atoms with Gasteiger partial charge in [-0.05, 0) is 12.0 Å². The molecule has 0 spiro atoms. The van der Waals surface area contributed by atoms with E-state index >= 15 is 0 Å². The Balaban J connectivity index is 2.70. The van der Waals surface area contributed by atoms with Gasteiger partial charge in [0.05, 0.1) is 12.6 Å². The topological polar surface area (TPSA) is 123 Å². The first kappa shape index (κ1) is 13.0. The molecule has 7 N–H and O–H groups in total. The predicted molar refractivity (Wildman–Crippen MR) is 68.5 cm³/mol. The second kappa shape index (κ2) is 6.49. The number of nitrogens with zero attached hydrogens (tertiary/aromatic N) is 2. The molecule has 92 valence electrons. The minimum absolute atomic E-state index is 0.0278. The molecule has 6 heteroatoms. The van der Waals surface area contributed by atoms with Crippen LogP contribution >= 0.6 is 0 Å². The highest BCUT2D eigenvalue weighted by molar-refractivity contribution is 5.92. The lowest BCUT2D eigenvalue weighted by atomic mass is 10.1. The fourth-order valence-electron chi connectivity index (χ4n) is 1.39. The standard InChI is InChI=1S/C11H17N5O/c12-10(13)16-11(14)15-9(7-17)6-8-4-2-1-3-5-8/h1-5,9,17H,6-7H2,(H6,12,13,14,15,16). The summed E-state index contributed by atoms with van der Waals surface area (Å²) in [6.07, 6.45) is 0.581. The van der Waals surface area contributed by atoms with Gasteiger partial charge in [0, 0.05) is 0 Å². The first-order valence-electron chi connectivity index (χ1n) is 5.19. The molecule has 0 bridgehead atoms. The smallest absolute Gasteiger partial charge is 0.218 e. The van der Waals surface area contributed by atoms with Gasteiger partial charge in [-0.3, -0.25) is 0 Å². The molecule has 0 aliphatic rings. The molecule has 0 aliphatic heterocycles. The van der Waals surface area contributed by atoms with Gasteiger partial charge in [0.25, 0.3) is 0 Å². The Morgan fingerprint density at radius 1 is 1.18 bits per heavy atom. The summed E-state index contributed by atoms with van der Waals surface area (Å²) in [6.45, 7) is -0.115. The first-order chi connectivity index (χ1) is 8.11. The Morgan fingerprint density at radius 3 is 2.35 bits per heavy atom. The molecule has 6 nitrogen and oxygen atoms in total. The van der Waals surface area contributed by atoms with Crippen molar-refractivity contribution < 1.29 is 5.11 Å². The van der Waals surface area contributed by atoms with Gasteiger partial charge < -0.3 is 22.3 Å². The van der Waals surface area contributed by atoms with Crippen LogP contribution in [0.15, 0.2) is 40.3 Å². The highest BCUT2D eigenvalue weighted by Gasteiger charge is 2.07. The van der Waals surface area contributed by atoms with Gasteiger partial charge in [-0.25, -0.2) is 4.99 Å². The monoisotopic (exact) mass is 235 g/mol. The molecule has 0 saturated carbocycles. The Kier molecular flexibility index (Phi) is 4.96. The molecule has 1 unspecified atom stereocenters. The van der Waals surface area contributed by atoms with Crippen molar-refractivity contribution in [2.45, 2.75) is 12.5 Å². The third-order valence-electron chi connectivity index (χ3n) is 2.08. The van der Waals surface area contributed by atoms with Crippen molar-refractivity contribution in [2.75, 3.05) is 6.61 Å². The fraction of sp³-hybridized carbons (Fsp3) is 0.273. The Morgan fingerprint density at radius 2 is 1.82 bits per heavy atom. The number of guanidine groups is 2. The van der Waals surface area contributed by atoms with Crippen molar-refractivity contribution in [3.8, 4) is 0 Å². The van der Waals surface area contributed by atoms with Crippen LogP contribution in [0.4, 0.5) is 0 Å². The molecule has 1 rings (SSSR count). The molecular formula is C11H17N5O. The summed E-state index contributed by atoms with van der Waals surface area (Å²) in [5.74, 6) is -0.178. The quantitative estimate of drug-likeness (QED) is 0.402. The maximum atomic E-state index is 9.20. The average Bonchev–Trinajstić information content (AvgIpc) is 2.28. The van der Waals surface area contributed by atoms with E-state index in [0.29, 0.717) is 6.42 Å². The second-order valence-electron chi connectivity index (χ2n) is 3.55. The molecule has 0 aliphatic carbocycles. The van der Waals surface area contributed by atoms with Crippen LogP contribution in [0, 0.1) is 0 Å². The summed E-state index contributed by atoms with van der Waals surface area (Å²) in [4.78, 5) is 7.62. The van der Waals surface area contributed by atoms with Gasteiger partial charge in [0.1, 0.15) is 0 Å². The number of nitrogens with two attached hydrogens (primary N) is 3. The summed E-state index contributed by atoms with van der Waals surface area (Å²) < 4.78 is 0. The second-order valence-corrected chi connectivity index (χ2v) is 3.55. The van der Waals surface area contributed by atoms with Crippen molar-refractivity contribution in [1.29, 1.82) is 0 Å². The number of aliphatic hydroxyl groups is 1. The van der Waals surface area contributed by atoms with E-state index in [1.54, 1.807) is 0 Å². The van der Waals surface area contributed by atoms with Crippen molar-refractivity contribution in [1.82, 2.24) is 0 Å². The largest absolute Gasteiger partial charge is 0.394 e. The van der Waals surface area contributed by atoms with Crippen molar-refractivity contribution in [3.05, 3.63) is 35.9 Å². The number of benzene rings is 1. The third-order valence-corrected chi connectivity index (χ3v) is 2.08. The lowest BCUT2D eigenvalue weighted by molar-refractivity contribution is 0.266. The van der Waals surface area contributed by atoms with Crippen LogP contribution in [0.5, 0.6) is 0 Å². The SMILES string of the molecule is NC(N)=NC(N)=NC(CO)Cc1ccccc1. The lowest BCUT2D eigenvalue weighted by Gasteiger charge is -2.09. The highest BCUT2D eigenvalue weighted by Crippen LogP contribution is 2.05. The molecule has 0 fully saturated rings. The Labute approximate surface area is 99.9 Å².